The van der Waals surface area contributed by atoms with Crippen LogP contribution in [0.4, 0.5) is 0 Å². The maximum atomic E-state index is 5.52. The number of benzene rings is 7. The Morgan fingerprint density at radius 2 is 0.560 bits per heavy atom. The largest absolute Gasteiger partial charge is 0.497 e. The van der Waals surface area contributed by atoms with Gasteiger partial charge in [0.1, 0.15) is 23.0 Å². The van der Waals surface area contributed by atoms with Gasteiger partial charge in [0.15, 0.2) is 4.30 Å². The van der Waals surface area contributed by atoms with E-state index in [1.807, 2.05) is 48.5 Å². The van der Waals surface area contributed by atoms with Gasteiger partial charge in [0.05, 0.1) is 28.4 Å². The van der Waals surface area contributed by atoms with Crippen molar-refractivity contribution in [3.05, 3.63) is 133 Å². The first-order valence-electron chi connectivity index (χ1n) is 15.9. The minimum absolute atomic E-state index is 0.750. The summed E-state index contributed by atoms with van der Waals surface area (Å²) in [5.41, 5.74) is 9.15. The average Bonchev–Trinajstić information content (AvgIpc) is 3.16. The van der Waals surface area contributed by atoms with Crippen LogP contribution in [0.3, 0.4) is 0 Å². The van der Waals surface area contributed by atoms with Crippen LogP contribution in [0.15, 0.2) is 133 Å². The minimum atomic E-state index is -0.750. The summed E-state index contributed by atoms with van der Waals surface area (Å²) in [6, 6.07) is 46.8. The van der Waals surface area contributed by atoms with E-state index in [4.69, 9.17) is 53.8 Å². The Balaban J connectivity index is 0.00000103. The lowest BCUT2D eigenvalue weighted by Gasteiger charge is -2.20. The molecule has 0 atom stereocenters. The predicted octanol–water partition coefficient (Wildman–Crippen LogP) is 12.7. The molecule has 7 aromatic carbocycles. The molecule has 0 saturated carbocycles. The van der Waals surface area contributed by atoms with E-state index in [-0.39, 0.29) is 0 Å². The van der Waals surface area contributed by atoms with E-state index < -0.39 is 4.30 Å². The molecule has 0 aromatic heterocycles. The molecule has 0 N–H and O–H groups in total. The Morgan fingerprint density at radius 1 is 0.320 bits per heavy atom. The van der Waals surface area contributed by atoms with Gasteiger partial charge in [-0.25, -0.2) is 0 Å². The summed E-state index contributed by atoms with van der Waals surface area (Å²) in [6.07, 6.45) is 0. The van der Waals surface area contributed by atoms with Crippen molar-refractivity contribution in [3.8, 4) is 67.5 Å². The van der Waals surface area contributed by atoms with Gasteiger partial charge in [0.25, 0.3) is 0 Å². The zero-order valence-corrected chi connectivity index (χ0v) is 30.3. The SMILES string of the molecule is COc1ccc(-c2ccc3c(-c4ccc(OC)cc4)c4cc(-c5ccc(OC)cc5)ccc4c(-c4ccc(OC)cc4)c3c2)cc1.ClC(Cl)Cl. The second kappa shape index (κ2) is 15.8. The van der Waals surface area contributed by atoms with Gasteiger partial charge in [-0.1, -0.05) is 108 Å². The normalized spacial score (nSPS) is 10.9. The maximum absolute atomic E-state index is 5.52. The molecule has 7 aromatic rings. The van der Waals surface area contributed by atoms with E-state index in [2.05, 4.69) is 84.9 Å². The predicted molar refractivity (Wildman–Crippen MR) is 211 cm³/mol. The lowest BCUT2D eigenvalue weighted by Crippen LogP contribution is -1.93. The highest BCUT2D eigenvalue weighted by Gasteiger charge is 2.19. The van der Waals surface area contributed by atoms with Gasteiger partial charge in [-0.3, -0.25) is 0 Å². The highest BCUT2D eigenvalue weighted by atomic mass is 35.6. The molecule has 0 heterocycles. The van der Waals surface area contributed by atoms with Gasteiger partial charge in [0.2, 0.25) is 0 Å². The van der Waals surface area contributed by atoms with Crippen LogP contribution >= 0.6 is 34.8 Å². The van der Waals surface area contributed by atoms with Crippen molar-refractivity contribution < 1.29 is 18.9 Å². The van der Waals surface area contributed by atoms with Crippen LogP contribution < -0.4 is 18.9 Å². The number of ether oxygens (including phenoxy) is 4. The average molecular weight is 722 g/mol. The summed E-state index contributed by atoms with van der Waals surface area (Å²) >= 11 is 14.4. The number of methoxy groups -OCH3 is 4. The molecule has 0 amide bonds. The van der Waals surface area contributed by atoms with Crippen molar-refractivity contribution in [2.75, 3.05) is 28.4 Å². The molecule has 0 fully saturated rings. The quantitative estimate of drug-likeness (QED) is 0.116. The lowest BCUT2D eigenvalue weighted by molar-refractivity contribution is 0.415. The summed E-state index contributed by atoms with van der Waals surface area (Å²) in [6.45, 7) is 0. The van der Waals surface area contributed by atoms with Crippen molar-refractivity contribution in [1.29, 1.82) is 0 Å². The first-order valence-corrected chi connectivity index (χ1v) is 17.2. The zero-order valence-electron chi connectivity index (χ0n) is 28.0. The van der Waals surface area contributed by atoms with Crippen molar-refractivity contribution in [3.63, 3.8) is 0 Å². The summed E-state index contributed by atoms with van der Waals surface area (Å²) in [7, 11) is 6.78. The molecular weight excluding hydrogens is 687 g/mol. The topological polar surface area (TPSA) is 36.9 Å². The van der Waals surface area contributed by atoms with Crippen molar-refractivity contribution in [1.82, 2.24) is 0 Å². The number of fused-ring (bicyclic) bond motifs is 2. The molecule has 252 valence electrons. The molecule has 0 bridgehead atoms. The molecule has 7 rings (SSSR count). The highest BCUT2D eigenvalue weighted by molar-refractivity contribution is 6.63. The molecule has 4 nitrogen and oxygen atoms in total. The Kier molecular flexibility index (Phi) is 11.0. The highest BCUT2D eigenvalue weighted by Crippen LogP contribution is 2.46. The number of alkyl halides is 3. The van der Waals surface area contributed by atoms with E-state index in [0.29, 0.717) is 0 Å². The molecule has 7 heteroatoms. The molecule has 0 radical (unpaired) electrons. The summed E-state index contributed by atoms with van der Waals surface area (Å²) < 4.78 is 21.2. The first-order chi connectivity index (χ1) is 24.3. The number of rotatable bonds is 8. The molecule has 0 aliphatic heterocycles. The standard InChI is InChI=1S/C42H34O4.CHCl3/c1-43-33-15-5-27(6-16-33)31-13-23-37-39(25-31)41(29-9-19-35(45-3)20-10-29)38-24-14-32(28-7-17-34(44-2)18-8-28)26-40(38)42(37)30-11-21-36(46-4)22-12-30;2-1(3)4/h5-26H,1-4H3;1H. The van der Waals surface area contributed by atoms with Gasteiger partial charge in [-0.15, -0.1) is 0 Å². The maximum Gasteiger partial charge on any atom is 0.180 e. The molecule has 0 spiro atoms. The minimum Gasteiger partial charge on any atom is -0.497 e. The van der Waals surface area contributed by atoms with Crippen molar-refractivity contribution in [2.45, 2.75) is 4.30 Å². The van der Waals surface area contributed by atoms with Gasteiger partial charge in [-0.2, -0.15) is 0 Å². The number of hydrogen-bond acceptors (Lipinski definition) is 4. The van der Waals surface area contributed by atoms with E-state index in [1.165, 1.54) is 32.7 Å². The van der Waals surface area contributed by atoms with Gasteiger partial charge in [0, 0.05) is 0 Å². The van der Waals surface area contributed by atoms with Gasteiger partial charge in [-0.05, 0) is 127 Å². The fourth-order valence-electron chi connectivity index (χ4n) is 6.29. The smallest absolute Gasteiger partial charge is 0.180 e. The van der Waals surface area contributed by atoms with Crippen LogP contribution in [0.1, 0.15) is 0 Å². The lowest BCUT2D eigenvalue weighted by atomic mass is 9.84. The van der Waals surface area contributed by atoms with Crippen molar-refractivity contribution >= 4 is 56.3 Å². The summed E-state index contributed by atoms with van der Waals surface area (Å²) in [4.78, 5) is 0. The van der Waals surface area contributed by atoms with E-state index in [9.17, 15) is 0 Å². The van der Waals surface area contributed by atoms with Crippen LogP contribution in [0.5, 0.6) is 23.0 Å². The van der Waals surface area contributed by atoms with Crippen LogP contribution in [0.25, 0.3) is 66.1 Å². The monoisotopic (exact) mass is 720 g/mol. The Morgan fingerprint density at radius 3 is 0.820 bits per heavy atom. The number of halogens is 3. The van der Waals surface area contributed by atoms with Crippen LogP contribution in [0, 0.1) is 0 Å². The second-order valence-corrected chi connectivity index (χ2v) is 13.4. The second-order valence-electron chi connectivity index (χ2n) is 11.4. The zero-order chi connectivity index (χ0) is 35.2. The summed E-state index contributed by atoms with van der Waals surface area (Å²) in [5, 5.41) is 4.70. The molecular formula is C43H35Cl3O4. The van der Waals surface area contributed by atoms with Crippen LogP contribution in [0.2, 0.25) is 0 Å². The van der Waals surface area contributed by atoms with Crippen LogP contribution in [-0.4, -0.2) is 32.7 Å². The molecule has 0 unspecified atom stereocenters. The van der Waals surface area contributed by atoms with E-state index >= 15 is 0 Å². The third-order valence-corrected chi connectivity index (χ3v) is 8.72. The van der Waals surface area contributed by atoms with Crippen molar-refractivity contribution in [2.24, 2.45) is 0 Å². The fourth-order valence-corrected chi connectivity index (χ4v) is 6.29. The Bertz CT molecular complexity index is 2050. The molecule has 0 saturated heterocycles. The van der Waals surface area contributed by atoms with Gasteiger partial charge >= 0.3 is 0 Å². The summed E-state index contributed by atoms with van der Waals surface area (Å²) in [5.74, 6) is 3.33. The number of hydrogen-bond donors (Lipinski definition) is 0. The molecule has 50 heavy (non-hydrogen) atoms. The van der Waals surface area contributed by atoms with Crippen LogP contribution in [-0.2, 0) is 0 Å². The molecule has 0 aliphatic carbocycles. The fraction of sp³-hybridized carbons (Fsp3) is 0.116. The van der Waals surface area contributed by atoms with Gasteiger partial charge < -0.3 is 18.9 Å². The Hall–Kier alpha value is -4.87. The van der Waals surface area contributed by atoms with E-state index in [1.54, 1.807) is 28.4 Å². The third kappa shape index (κ3) is 7.49. The molecule has 0 aliphatic rings. The third-order valence-electron chi connectivity index (χ3n) is 8.72. The Labute approximate surface area is 307 Å². The first kappa shape index (κ1) is 35.0. The van der Waals surface area contributed by atoms with E-state index in [0.717, 1.165) is 56.4 Å².